The minimum Gasteiger partial charge on any atom is -0.482 e. The molecule has 3 aromatic rings. The first kappa shape index (κ1) is 21.0. The fourth-order valence-electron chi connectivity index (χ4n) is 3.21. The monoisotopic (exact) mass is 405 g/mol. The summed E-state index contributed by atoms with van der Waals surface area (Å²) in [6, 6.07) is 18.0. The van der Waals surface area contributed by atoms with E-state index >= 15 is 0 Å². The average molecular weight is 405 g/mol. The van der Waals surface area contributed by atoms with Crippen molar-refractivity contribution in [3.63, 3.8) is 0 Å². The molecule has 0 unspecified atom stereocenters. The number of esters is 1. The van der Waals surface area contributed by atoms with Gasteiger partial charge in [-0.15, -0.1) is 0 Å². The summed E-state index contributed by atoms with van der Waals surface area (Å²) in [6.45, 7) is 4.58. The minimum atomic E-state index is -0.643. The molecule has 0 fully saturated rings. The number of hydrogen-bond acceptors (Lipinski definition) is 5. The molecule has 0 atom stereocenters. The molecule has 0 aliphatic carbocycles. The molecule has 1 heterocycles. The van der Waals surface area contributed by atoms with Gasteiger partial charge >= 0.3 is 5.97 Å². The Hall–Kier alpha value is -3.67. The standard InChI is InChI=1S/C24H23NO5/c1-16-13-22(17(2)25(16)20-7-5-4-6-8-20)23(27)14-30-24(28)15-29-21-11-9-19(10-12-21)18(3)26/h4-13H,14-15H2,1-3H3. The molecule has 0 radical (unpaired) electrons. The van der Waals surface area contributed by atoms with Crippen LogP contribution in [0.1, 0.15) is 39.0 Å². The molecular formula is C24H23NO5. The maximum Gasteiger partial charge on any atom is 0.344 e. The lowest BCUT2D eigenvalue weighted by Crippen LogP contribution is -2.19. The molecule has 0 N–H and O–H groups in total. The summed E-state index contributed by atoms with van der Waals surface area (Å²) >= 11 is 0. The Morgan fingerprint density at radius 2 is 1.57 bits per heavy atom. The van der Waals surface area contributed by atoms with Crippen molar-refractivity contribution in [3.05, 3.63) is 83.2 Å². The van der Waals surface area contributed by atoms with Gasteiger partial charge in [0.1, 0.15) is 5.75 Å². The van der Waals surface area contributed by atoms with Crippen LogP contribution in [0.25, 0.3) is 5.69 Å². The third kappa shape index (κ3) is 4.84. The Labute approximate surface area is 175 Å². The van der Waals surface area contributed by atoms with Crippen molar-refractivity contribution in [3.8, 4) is 11.4 Å². The number of para-hydroxylation sites is 1. The lowest BCUT2D eigenvalue weighted by atomic mass is 10.1. The van der Waals surface area contributed by atoms with E-state index in [-0.39, 0.29) is 24.8 Å². The van der Waals surface area contributed by atoms with Gasteiger partial charge in [0.05, 0.1) is 0 Å². The minimum absolute atomic E-state index is 0.0499. The van der Waals surface area contributed by atoms with Crippen molar-refractivity contribution in [2.24, 2.45) is 0 Å². The lowest BCUT2D eigenvalue weighted by molar-refractivity contribution is -0.144. The molecule has 30 heavy (non-hydrogen) atoms. The number of Topliss-reactive ketones (excluding diaryl/α,β-unsaturated/α-hetero) is 2. The zero-order valence-electron chi connectivity index (χ0n) is 17.2. The molecule has 6 heteroatoms. The lowest BCUT2D eigenvalue weighted by Gasteiger charge is -2.10. The summed E-state index contributed by atoms with van der Waals surface area (Å²) < 4.78 is 12.4. The number of nitrogens with zero attached hydrogens (tertiary/aromatic N) is 1. The normalized spacial score (nSPS) is 10.5. The highest BCUT2D eigenvalue weighted by Crippen LogP contribution is 2.21. The van der Waals surface area contributed by atoms with E-state index in [4.69, 9.17) is 9.47 Å². The van der Waals surface area contributed by atoms with Crippen LogP contribution in [0.3, 0.4) is 0 Å². The molecule has 0 bridgehead atoms. The maximum absolute atomic E-state index is 12.6. The SMILES string of the molecule is CC(=O)c1ccc(OCC(=O)OCC(=O)c2cc(C)n(-c3ccccc3)c2C)cc1. The number of ether oxygens (including phenoxy) is 2. The van der Waals surface area contributed by atoms with E-state index in [1.807, 2.05) is 48.7 Å². The van der Waals surface area contributed by atoms with Crippen LogP contribution in [0.2, 0.25) is 0 Å². The first-order valence-electron chi connectivity index (χ1n) is 9.54. The predicted molar refractivity (Wildman–Crippen MR) is 112 cm³/mol. The zero-order chi connectivity index (χ0) is 21.7. The van der Waals surface area contributed by atoms with Gasteiger partial charge in [-0.2, -0.15) is 0 Å². The molecule has 0 spiro atoms. The Bertz CT molecular complexity index is 1060. The molecule has 0 aliphatic heterocycles. The largest absolute Gasteiger partial charge is 0.482 e. The molecule has 3 rings (SSSR count). The van der Waals surface area contributed by atoms with Gasteiger partial charge in [0.25, 0.3) is 0 Å². The van der Waals surface area contributed by atoms with Crippen molar-refractivity contribution in [2.45, 2.75) is 20.8 Å². The summed E-state index contributed by atoms with van der Waals surface area (Å²) in [5, 5.41) is 0. The second kappa shape index (κ2) is 9.22. The second-order valence-electron chi connectivity index (χ2n) is 6.91. The van der Waals surface area contributed by atoms with Crippen LogP contribution in [0.5, 0.6) is 5.75 Å². The summed E-state index contributed by atoms with van der Waals surface area (Å²) in [6.07, 6.45) is 0. The Balaban J connectivity index is 1.56. The summed E-state index contributed by atoms with van der Waals surface area (Å²) in [4.78, 5) is 35.8. The number of hydrogen-bond donors (Lipinski definition) is 0. The molecule has 0 amide bonds. The van der Waals surface area contributed by atoms with E-state index in [2.05, 4.69) is 0 Å². The first-order valence-corrected chi connectivity index (χ1v) is 9.54. The predicted octanol–water partition coefficient (Wildman–Crippen LogP) is 4.10. The van der Waals surface area contributed by atoms with Crippen molar-refractivity contribution < 1.29 is 23.9 Å². The van der Waals surface area contributed by atoms with Crippen molar-refractivity contribution >= 4 is 17.5 Å². The van der Waals surface area contributed by atoms with Gasteiger partial charge in [-0.3, -0.25) is 9.59 Å². The Morgan fingerprint density at radius 1 is 0.900 bits per heavy atom. The Kier molecular flexibility index (Phi) is 6.47. The Morgan fingerprint density at radius 3 is 2.20 bits per heavy atom. The highest BCUT2D eigenvalue weighted by molar-refractivity contribution is 5.99. The van der Waals surface area contributed by atoms with Crippen LogP contribution in [0.15, 0.2) is 60.7 Å². The smallest absolute Gasteiger partial charge is 0.344 e. The van der Waals surface area contributed by atoms with E-state index in [0.717, 1.165) is 17.1 Å². The molecular weight excluding hydrogens is 382 g/mol. The molecule has 0 saturated carbocycles. The first-order chi connectivity index (χ1) is 14.4. The molecule has 0 saturated heterocycles. The van der Waals surface area contributed by atoms with Crippen LogP contribution in [0, 0.1) is 13.8 Å². The van der Waals surface area contributed by atoms with Crippen LogP contribution < -0.4 is 4.74 Å². The number of benzene rings is 2. The third-order valence-corrected chi connectivity index (χ3v) is 4.73. The fourth-order valence-corrected chi connectivity index (χ4v) is 3.21. The van der Waals surface area contributed by atoms with Crippen molar-refractivity contribution in [1.29, 1.82) is 0 Å². The zero-order valence-corrected chi connectivity index (χ0v) is 17.2. The summed E-state index contributed by atoms with van der Waals surface area (Å²) in [7, 11) is 0. The molecule has 6 nitrogen and oxygen atoms in total. The molecule has 2 aromatic carbocycles. The maximum atomic E-state index is 12.6. The quantitative estimate of drug-likeness (QED) is 0.417. The average Bonchev–Trinajstić information content (AvgIpc) is 3.05. The number of aromatic nitrogens is 1. The van der Waals surface area contributed by atoms with Gasteiger partial charge < -0.3 is 14.0 Å². The topological polar surface area (TPSA) is 74.6 Å². The van der Waals surface area contributed by atoms with Crippen LogP contribution in [-0.2, 0) is 9.53 Å². The number of carbonyl (C=O) groups excluding carboxylic acids is 3. The summed E-state index contributed by atoms with van der Waals surface area (Å²) in [5.74, 6) is -0.527. The number of carbonyl (C=O) groups is 3. The van der Waals surface area contributed by atoms with E-state index in [0.29, 0.717) is 16.9 Å². The third-order valence-electron chi connectivity index (χ3n) is 4.73. The van der Waals surface area contributed by atoms with Crippen LogP contribution >= 0.6 is 0 Å². The van der Waals surface area contributed by atoms with E-state index in [1.165, 1.54) is 6.92 Å². The second-order valence-corrected chi connectivity index (χ2v) is 6.91. The van der Waals surface area contributed by atoms with Gasteiger partial charge in [-0.1, -0.05) is 18.2 Å². The number of rotatable bonds is 8. The molecule has 1 aromatic heterocycles. The fraction of sp³-hybridized carbons (Fsp3) is 0.208. The van der Waals surface area contributed by atoms with Gasteiger partial charge in [0.15, 0.2) is 19.0 Å². The number of aryl methyl sites for hydroxylation is 1. The van der Waals surface area contributed by atoms with Gasteiger partial charge in [0.2, 0.25) is 5.78 Å². The van der Waals surface area contributed by atoms with Crippen molar-refractivity contribution in [2.75, 3.05) is 13.2 Å². The van der Waals surface area contributed by atoms with Gasteiger partial charge in [-0.05, 0) is 63.2 Å². The van der Waals surface area contributed by atoms with Crippen LogP contribution in [-0.4, -0.2) is 35.3 Å². The molecule has 154 valence electrons. The van der Waals surface area contributed by atoms with E-state index in [9.17, 15) is 14.4 Å². The highest BCUT2D eigenvalue weighted by atomic mass is 16.6. The highest BCUT2D eigenvalue weighted by Gasteiger charge is 2.18. The van der Waals surface area contributed by atoms with Crippen LogP contribution in [0.4, 0.5) is 0 Å². The van der Waals surface area contributed by atoms with Crippen molar-refractivity contribution in [1.82, 2.24) is 4.57 Å². The van der Waals surface area contributed by atoms with E-state index < -0.39 is 5.97 Å². The van der Waals surface area contributed by atoms with Gasteiger partial charge in [-0.25, -0.2) is 4.79 Å². The van der Waals surface area contributed by atoms with Gasteiger partial charge in [0, 0.05) is 28.2 Å². The molecule has 0 aliphatic rings. The number of ketones is 2. The summed E-state index contributed by atoms with van der Waals surface area (Å²) in [5.41, 5.74) is 3.76. The van der Waals surface area contributed by atoms with E-state index in [1.54, 1.807) is 30.3 Å².